The molecule has 1 heterocycles. The standard InChI is InChI=1S/C21H26FN3O3S/c1-24(2)21(26)25-11-10-19(23-29(3,27)28)20(25)13-15-6-4-7-16(12-15)17-8-5-9-18(22)14-17/h4-9,12,14,19-20,23H,10-11,13H2,1-3H3/t19-,20-/m0/s1. The maximum absolute atomic E-state index is 13.6. The summed E-state index contributed by atoms with van der Waals surface area (Å²) in [5.41, 5.74) is 2.60. The van der Waals surface area contributed by atoms with Crippen LogP contribution in [0.4, 0.5) is 9.18 Å². The van der Waals surface area contributed by atoms with Crippen molar-refractivity contribution in [2.24, 2.45) is 0 Å². The highest BCUT2D eigenvalue weighted by Crippen LogP contribution is 2.26. The molecule has 0 radical (unpaired) electrons. The smallest absolute Gasteiger partial charge is 0.319 e. The molecule has 2 aromatic rings. The van der Waals surface area contributed by atoms with Gasteiger partial charge in [-0.3, -0.25) is 0 Å². The first-order valence-electron chi connectivity index (χ1n) is 9.44. The van der Waals surface area contributed by atoms with Crippen LogP contribution in [0.1, 0.15) is 12.0 Å². The van der Waals surface area contributed by atoms with Crippen LogP contribution in [-0.2, 0) is 16.4 Å². The van der Waals surface area contributed by atoms with Gasteiger partial charge in [0.15, 0.2) is 0 Å². The van der Waals surface area contributed by atoms with Gasteiger partial charge in [-0.1, -0.05) is 36.4 Å². The number of carbonyl (C=O) groups is 1. The van der Waals surface area contributed by atoms with Crippen LogP contribution in [-0.4, -0.2) is 63.2 Å². The first-order valence-corrected chi connectivity index (χ1v) is 11.3. The lowest BCUT2D eigenvalue weighted by atomic mass is 9.97. The van der Waals surface area contributed by atoms with Crippen molar-refractivity contribution >= 4 is 16.1 Å². The van der Waals surface area contributed by atoms with E-state index in [1.165, 1.54) is 17.0 Å². The van der Waals surface area contributed by atoms with E-state index in [1.54, 1.807) is 25.1 Å². The second kappa shape index (κ2) is 8.51. The number of halogens is 1. The minimum atomic E-state index is -3.40. The van der Waals surface area contributed by atoms with Gasteiger partial charge >= 0.3 is 6.03 Å². The van der Waals surface area contributed by atoms with Gasteiger partial charge in [0, 0.05) is 26.7 Å². The zero-order chi connectivity index (χ0) is 21.2. The van der Waals surface area contributed by atoms with Gasteiger partial charge in [-0.15, -0.1) is 0 Å². The molecular formula is C21H26FN3O3S. The fourth-order valence-electron chi connectivity index (χ4n) is 3.80. The number of rotatable bonds is 5. The molecule has 0 aromatic heterocycles. The van der Waals surface area contributed by atoms with E-state index in [0.717, 1.165) is 22.9 Å². The van der Waals surface area contributed by atoms with Gasteiger partial charge in [0.1, 0.15) is 5.82 Å². The summed E-state index contributed by atoms with van der Waals surface area (Å²) in [6, 6.07) is 13.3. The van der Waals surface area contributed by atoms with Gasteiger partial charge < -0.3 is 9.80 Å². The molecule has 1 aliphatic rings. The summed E-state index contributed by atoms with van der Waals surface area (Å²) < 4.78 is 39.9. The van der Waals surface area contributed by atoms with Crippen LogP contribution in [0, 0.1) is 5.82 Å². The average molecular weight is 420 g/mol. The number of hydrogen-bond acceptors (Lipinski definition) is 3. The molecule has 0 unspecified atom stereocenters. The van der Waals surface area contributed by atoms with Crippen molar-refractivity contribution in [2.45, 2.75) is 24.9 Å². The zero-order valence-corrected chi connectivity index (χ0v) is 17.6. The van der Waals surface area contributed by atoms with Crippen molar-refractivity contribution in [3.05, 3.63) is 59.9 Å². The van der Waals surface area contributed by atoms with E-state index in [-0.39, 0.29) is 23.9 Å². The molecule has 1 fully saturated rings. The van der Waals surface area contributed by atoms with E-state index in [1.807, 2.05) is 30.3 Å². The third kappa shape index (κ3) is 5.33. The largest absolute Gasteiger partial charge is 0.331 e. The Morgan fingerprint density at radius 3 is 2.45 bits per heavy atom. The Morgan fingerprint density at radius 1 is 1.17 bits per heavy atom. The van der Waals surface area contributed by atoms with Crippen molar-refractivity contribution < 1.29 is 17.6 Å². The monoisotopic (exact) mass is 419 g/mol. The molecule has 1 N–H and O–H groups in total. The maximum atomic E-state index is 13.6. The number of sulfonamides is 1. The van der Waals surface area contributed by atoms with Gasteiger partial charge in [0.25, 0.3) is 0 Å². The number of benzene rings is 2. The zero-order valence-electron chi connectivity index (χ0n) is 16.8. The molecule has 2 aromatic carbocycles. The Labute approximate surface area is 171 Å². The second-order valence-electron chi connectivity index (χ2n) is 7.64. The quantitative estimate of drug-likeness (QED) is 0.810. The summed E-state index contributed by atoms with van der Waals surface area (Å²) in [4.78, 5) is 15.8. The minimum Gasteiger partial charge on any atom is -0.331 e. The van der Waals surface area contributed by atoms with Crippen LogP contribution < -0.4 is 4.72 Å². The van der Waals surface area contributed by atoms with Crippen LogP contribution in [0.15, 0.2) is 48.5 Å². The van der Waals surface area contributed by atoms with Crippen LogP contribution in [0.2, 0.25) is 0 Å². The molecule has 1 aliphatic heterocycles. The molecule has 156 valence electrons. The fourth-order valence-corrected chi connectivity index (χ4v) is 4.63. The highest BCUT2D eigenvalue weighted by molar-refractivity contribution is 7.88. The summed E-state index contributed by atoms with van der Waals surface area (Å²) in [5.74, 6) is -0.302. The molecular weight excluding hydrogens is 393 g/mol. The van der Waals surface area contributed by atoms with E-state index in [9.17, 15) is 17.6 Å². The fraction of sp³-hybridized carbons (Fsp3) is 0.381. The number of carbonyl (C=O) groups excluding carboxylic acids is 1. The van der Waals surface area contributed by atoms with Crippen LogP contribution in [0.25, 0.3) is 11.1 Å². The molecule has 3 rings (SSSR count). The summed E-state index contributed by atoms with van der Waals surface area (Å²) in [7, 11) is -0.0376. The maximum Gasteiger partial charge on any atom is 0.319 e. The van der Waals surface area contributed by atoms with Gasteiger partial charge in [-0.05, 0) is 41.7 Å². The minimum absolute atomic E-state index is 0.144. The Morgan fingerprint density at radius 2 is 1.83 bits per heavy atom. The lowest BCUT2D eigenvalue weighted by Crippen LogP contribution is -2.50. The van der Waals surface area contributed by atoms with Gasteiger partial charge in [0.2, 0.25) is 10.0 Å². The molecule has 0 saturated carbocycles. The molecule has 0 aliphatic carbocycles. The topological polar surface area (TPSA) is 69.7 Å². The van der Waals surface area contributed by atoms with E-state index in [0.29, 0.717) is 19.4 Å². The lowest BCUT2D eigenvalue weighted by molar-refractivity contribution is 0.163. The molecule has 8 heteroatoms. The number of amides is 2. The number of hydrogen-bond donors (Lipinski definition) is 1. The Balaban J connectivity index is 1.89. The second-order valence-corrected chi connectivity index (χ2v) is 9.42. The first-order chi connectivity index (χ1) is 13.6. The highest BCUT2D eigenvalue weighted by Gasteiger charge is 2.39. The van der Waals surface area contributed by atoms with Crippen molar-refractivity contribution in [2.75, 3.05) is 26.9 Å². The van der Waals surface area contributed by atoms with Gasteiger partial charge in [0.05, 0.1) is 12.3 Å². The van der Waals surface area contributed by atoms with Gasteiger partial charge in [-0.25, -0.2) is 22.3 Å². The van der Waals surface area contributed by atoms with Crippen LogP contribution >= 0.6 is 0 Å². The number of likely N-dealkylation sites (tertiary alicyclic amines) is 1. The molecule has 0 spiro atoms. The van der Waals surface area contributed by atoms with Crippen molar-refractivity contribution in [1.82, 2.24) is 14.5 Å². The van der Waals surface area contributed by atoms with Crippen molar-refractivity contribution in [3.63, 3.8) is 0 Å². The van der Waals surface area contributed by atoms with Crippen LogP contribution in [0.5, 0.6) is 0 Å². The van der Waals surface area contributed by atoms with E-state index < -0.39 is 10.0 Å². The Kier molecular flexibility index (Phi) is 6.24. The molecule has 0 bridgehead atoms. The number of urea groups is 1. The van der Waals surface area contributed by atoms with E-state index in [2.05, 4.69) is 4.72 Å². The van der Waals surface area contributed by atoms with Gasteiger partial charge in [-0.2, -0.15) is 0 Å². The molecule has 6 nitrogen and oxygen atoms in total. The molecule has 1 saturated heterocycles. The molecule has 2 amide bonds. The average Bonchev–Trinajstić information content (AvgIpc) is 3.01. The summed E-state index contributed by atoms with van der Waals surface area (Å²) in [6.07, 6.45) is 2.18. The Bertz CT molecular complexity index is 994. The normalized spacial score (nSPS) is 19.4. The summed E-state index contributed by atoms with van der Waals surface area (Å²) in [6.45, 7) is 0.485. The predicted octanol–water partition coefficient (Wildman–Crippen LogP) is 2.71. The first kappa shape index (κ1) is 21.3. The third-order valence-electron chi connectivity index (χ3n) is 5.07. The third-order valence-corrected chi connectivity index (χ3v) is 5.80. The summed E-state index contributed by atoms with van der Waals surface area (Å²) >= 11 is 0. The van der Waals surface area contributed by atoms with Crippen molar-refractivity contribution in [1.29, 1.82) is 0 Å². The molecule has 2 atom stereocenters. The van der Waals surface area contributed by atoms with Crippen molar-refractivity contribution in [3.8, 4) is 11.1 Å². The van der Waals surface area contributed by atoms with E-state index >= 15 is 0 Å². The predicted molar refractivity (Wildman–Crippen MR) is 112 cm³/mol. The summed E-state index contributed by atoms with van der Waals surface area (Å²) in [5, 5.41) is 0. The highest BCUT2D eigenvalue weighted by atomic mass is 32.2. The lowest BCUT2D eigenvalue weighted by Gasteiger charge is -2.30. The number of nitrogens with one attached hydrogen (secondary N) is 1. The number of nitrogens with zero attached hydrogens (tertiary/aromatic N) is 2. The molecule has 29 heavy (non-hydrogen) atoms. The Hall–Kier alpha value is -2.45. The van der Waals surface area contributed by atoms with Crippen LogP contribution in [0.3, 0.4) is 0 Å². The van der Waals surface area contributed by atoms with E-state index in [4.69, 9.17) is 0 Å². The SMILES string of the molecule is CN(C)C(=O)N1CC[C@H](NS(C)(=O)=O)[C@@H]1Cc1cccc(-c2cccc(F)c2)c1.